The summed E-state index contributed by atoms with van der Waals surface area (Å²) < 4.78 is 31.8. The number of hydrogen-bond donors (Lipinski definition) is 2. The van der Waals surface area contributed by atoms with Gasteiger partial charge in [0.05, 0.1) is 13.2 Å². The number of ether oxygens (including phenoxy) is 1. The van der Waals surface area contributed by atoms with Crippen LogP contribution < -0.4 is 15.4 Å². The molecule has 0 aliphatic rings. The van der Waals surface area contributed by atoms with Crippen molar-refractivity contribution >= 4 is 11.6 Å². The molecule has 0 spiro atoms. The van der Waals surface area contributed by atoms with E-state index < -0.39 is 23.7 Å². The van der Waals surface area contributed by atoms with Gasteiger partial charge in [0.1, 0.15) is 17.4 Å². The molecule has 0 aliphatic heterocycles. The van der Waals surface area contributed by atoms with Crippen LogP contribution in [-0.4, -0.2) is 19.1 Å². The molecule has 4 nitrogen and oxygen atoms in total. The van der Waals surface area contributed by atoms with Gasteiger partial charge in [-0.1, -0.05) is 6.07 Å². The zero-order valence-electron chi connectivity index (χ0n) is 13.8. The van der Waals surface area contributed by atoms with Gasteiger partial charge >= 0.3 is 0 Å². The lowest BCUT2D eigenvalue weighted by Crippen LogP contribution is -2.39. The second kappa shape index (κ2) is 7.88. The first-order chi connectivity index (χ1) is 11.4. The van der Waals surface area contributed by atoms with Crippen LogP contribution in [0.2, 0.25) is 0 Å². The number of halogens is 2. The van der Waals surface area contributed by atoms with Crippen molar-refractivity contribution in [2.24, 2.45) is 0 Å². The van der Waals surface area contributed by atoms with Crippen molar-refractivity contribution in [3.63, 3.8) is 0 Å². The first-order valence-corrected chi connectivity index (χ1v) is 7.56. The third-order valence-electron chi connectivity index (χ3n) is 3.68. The molecule has 128 valence electrons. The first kappa shape index (κ1) is 17.9. The second-order valence-corrected chi connectivity index (χ2v) is 5.49. The predicted octanol–water partition coefficient (Wildman–Crippen LogP) is 3.65. The van der Waals surface area contributed by atoms with Gasteiger partial charge in [0, 0.05) is 23.4 Å². The number of methoxy groups -OCH3 is 1. The van der Waals surface area contributed by atoms with Crippen LogP contribution in [0.5, 0.6) is 5.75 Å². The summed E-state index contributed by atoms with van der Waals surface area (Å²) in [5.74, 6) is -0.833. The standard InChI is InChI=1S/C18H20F2N2O2/c1-11(16-9-4-13(19)10-17(16)20)21-12(2)18(23)22-14-5-7-15(24-3)8-6-14/h4-12,21H,1-3H3,(H,22,23). The van der Waals surface area contributed by atoms with E-state index in [0.29, 0.717) is 17.0 Å². The summed E-state index contributed by atoms with van der Waals surface area (Å²) in [6, 6.07) is 9.33. The lowest BCUT2D eigenvalue weighted by atomic mass is 10.1. The van der Waals surface area contributed by atoms with Crippen molar-refractivity contribution in [3.8, 4) is 5.75 Å². The molecule has 2 aromatic rings. The average Bonchev–Trinajstić information content (AvgIpc) is 2.55. The Labute approximate surface area is 139 Å². The van der Waals surface area contributed by atoms with Gasteiger partial charge < -0.3 is 10.1 Å². The molecule has 0 heterocycles. The van der Waals surface area contributed by atoms with E-state index in [4.69, 9.17) is 4.74 Å². The number of benzene rings is 2. The molecule has 0 aliphatic carbocycles. The fourth-order valence-corrected chi connectivity index (χ4v) is 2.32. The Bertz CT molecular complexity index is 705. The SMILES string of the molecule is COc1ccc(NC(=O)C(C)NC(C)c2ccc(F)cc2F)cc1. The molecular formula is C18H20F2N2O2. The second-order valence-electron chi connectivity index (χ2n) is 5.49. The number of hydrogen-bond acceptors (Lipinski definition) is 3. The summed E-state index contributed by atoms with van der Waals surface area (Å²) in [6.45, 7) is 3.39. The maximum absolute atomic E-state index is 13.8. The van der Waals surface area contributed by atoms with E-state index in [1.807, 2.05) is 0 Å². The van der Waals surface area contributed by atoms with E-state index in [1.165, 1.54) is 12.1 Å². The minimum atomic E-state index is -0.641. The van der Waals surface area contributed by atoms with Crippen LogP contribution in [0, 0.1) is 11.6 Å². The molecule has 0 radical (unpaired) electrons. The summed E-state index contributed by atoms with van der Waals surface area (Å²) in [6.07, 6.45) is 0. The Morgan fingerprint density at radius 3 is 2.33 bits per heavy atom. The number of rotatable bonds is 6. The van der Waals surface area contributed by atoms with E-state index in [2.05, 4.69) is 10.6 Å². The highest BCUT2D eigenvalue weighted by Crippen LogP contribution is 2.19. The summed E-state index contributed by atoms with van der Waals surface area (Å²) in [5.41, 5.74) is 0.940. The third kappa shape index (κ3) is 4.52. The van der Waals surface area contributed by atoms with Crippen LogP contribution >= 0.6 is 0 Å². The fraction of sp³-hybridized carbons (Fsp3) is 0.278. The summed E-state index contributed by atoms with van der Waals surface area (Å²) >= 11 is 0. The van der Waals surface area contributed by atoms with Crippen molar-refractivity contribution in [1.82, 2.24) is 5.32 Å². The van der Waals surface area contributed by atoms with E-state index in [0.717, 1.165) is 6.07 Å². The summed E-state index contributed by atoms with van der Waals surface area (Å²) in [4.78, 5) is 12.2. The minimum Gasteiger partial charge on any atom is -0.497 e. The van der Waals surface area contributed by atoms with Crippen molar-refractivity contribution in [1.29, 1.82) is 0 Å². The Hall–Kier alpha value is -2.47. The van der Waals surface area contributed by atoms with Crippen LogP contribution in [0.1, 0.15) is 25.5 Å². The minimum absolute atomic E-state index is 0.255. The molecule has 0 bridgehead atoms. The first-order valence-electron chi connectivity index (χ1n) is 7.56. The molecule has 0 fully saturated rings. The van der Waals surface area contributed by atoms with Gasteiger partial charge in [0.25, 0.3) is 0 Å². The third-order valence-corrected chi connectivity index (χ3v) is 3.68. The van der Waals surface area contributed by atoms with Crippen molar-refractivity contribution in [3.05, 3.63) is 59.7 Å². The zero-order valence-corrected chi connectivity index (χ0v) is 13.8. The highest BCUT2D eigenvalue weighted by Gasteiger charge is 2.18. The molecule has 2 rings (SSSR count). The van der Waals surface area contributed by atoms with Gasteiger partial charge in [-0.05, 0) is 44.2 Å². The van der Waals surface area contributed by atoms with Crippen molar-refractivity contribution < 1.29 is 18.3 Å². The molecule has 1 amide bonds. The van der Waals surface area contributed by atoms with Crippen LogP contribution in [0.3, 0.4) is 0 Å². The van der Waals surface area contributed by atoms with E-state index >= 15 is 0 Å². The molecule has 2 unspecified atom stereocenters. The number of anilines is 1. The molecule has 2 N–H and O–H groups in total. The Kier molecular flexibility index (Phi) is 5.87. The van der Waals surface area contributed by atoms with E-state index in [9.17, 15) is 13.6 Å². The van der Waals surface area contributed by atoms with Gasteiger partial charge in [0.15, 0.2) is 0 Å². The van der Waals surface area contributed by atoms with E-state index in [-0.39, 0.29) is 5.91 Å². The fourth-order valence-electron chi connectivity index (χ4n) is 2.32. The van der Waals surface area contributed by atoms with Gasteiger partial charge in [0.2, 0.25) is 5.91 Å². The molecule has 0 saturated carbocycles. The lowest BCUT2D eigenvalue weighted by molar-refractivity contribution is -0.117. The van der Waals surface area contributed by atoms with Crippen LogP contribution in [0.4, 0.5) is 14.5 Å². The van der Waals surface area contributed by atoms with Crippen molar-refractivity contribution in [2.45, 2.75) is 25.9 Å². The molecule has 6 heteroatoms. The highest BCUT2D eigenvalue weighted by atomic mass is 19.1. The number of nitrogens with one attached hydrogen (secondary N) is 2. The largest absolute Gasteiger partial charge is 0.497 e. The molecule has 24 heavy (non-hydrogen) atoms. The molecule has 0 aromatic heterocycles. The van der Waals surface area contributed by atoms with Gasteiger partial charge in [-0.2, -0.15) is 0 Å². The molecule has 0 saturated heterocycles. The summed E-state index contributed by atoms with van der Waals surface area (Å²) in [7, 11) is 1.57. The maximum Gasteiger partial charge on any atom is 0.241 e. The lowest BCUT2D eigenvalue weighted by Gasteiger charge is -2.20. The monoisotopic (exact) mass is 334 g/mol. The highest BCUT2D eigenvalue weighted by molar-refractivity contribution is 5.94. The predicted molar refractivity (Wildman–Crippen MR) is 89.0 cm³/mol. The summed E-state index contributed by atoms with van der Waals surface area (Å²) in [5, 5.41) is 5.76. The van der Waals surface area contributed by atoms with E-state index in [1.54, 1.807) is 45.2 Å². The smallest absolute Gasteiger partial charge is 0.241 e. The molecule has 2 aromatic carbocycles. The van der Waals surface area contributed by atoms with Gasteiger partial charge in [-0.3, -0.25) is 10.1 Å². The Morgan fingerprint density at radius 2 is 1.75 bits per heavy atom. The van der Waals surface area contributed by atoms with Crippen LogP contribution in [-0.2, 0) is 4.79 Å². The molecular weight excluding hydrogens is 314 g/mol. The van der Waals surface area contributed by atoms with Crippen LogP contribution in [0.15, 0.2) is 42.5 Å². The topological polar surface area (TPSA) is 50.4 Å². The number of carbonyl (C=O) groups excluding carboxylic acids is 1. The maximum atomic E-state index is 13.8. The Balaban J connectivity index is 1.97. The average molecular weight is 334 g/mol. The van der Waals surface area contributed by atoms with Gasteiger partial charge in [-0.15, -0.1) is 0 Å². The quantitative estimate of drug-likeness (QED) is 0.848. The van der Waals surface area contributed by atoms with Crippen LogP contribution in [0.25, 0.3) is 0 Å². The normalized spacial score (nSPS) is 13.2. The number of carbonyl (C=O) groups is 1. The Morgan fingerprint density at radius 1 is 1.08 bits per heavy atom. The molecule has 2 atom stereocenters. The van der Waals surface area contributed by atoms with Crippen molar-refractivity contribution in [2.75, 3.05) is 12.4 Å². The number of amides is 1. The van der Waals surface area contributed by atoms with Gasteiger partial charge in [-0.25, -0.2) is 8.78 Å². The zero-order chi connectivity index (χ0) is 17.7.